The first-order valence-corrected chi connectivity index (χ1v) is 6.52. The number of aryl methyl sites for hydroxylation is 2. The summed E-state index contributed by atoms with van der Waals surface area (Å²) in [5.74, 6) is 0. The Labute approximate surface area is 104 Å². The molecule has 0 spiro atoms. The van der Waals surface area contributed by atoms with Crippen molar-refractivity contribution < 1.29 is 4.74 Å². The molecule has 98 valence electrons. The zero-order valence-electron chi connectivity index (χ0n) is 11.2. The van der Waals surface area contributed by atoms with Crippen LogP contribution in [-0.2, 0) is 18.2 Å². The molecule has 1 aromatic heterocycles. The molecule has 0 aliphatic rings. The van der Waals surface area contributed by atoms with E-state index in [9.17, 15) is 0 Å². The van der Waals surface area contributed by atoms with Crippen LogP contribution in [0.3, 0.4) is 0 Å². The lowest BCUT2D eigenvalue weighted by Gasteiger charge is -2.23. The number of nitrogens with two attached hydrogens (primary N) is 1. The monoisotopic (exact) mass is 239 g/mol. The van der Waals surface area contributed by atoms with Crippen LogP contribution in [0.4, 0.5) is 0 Å². The highest BCUT2D eigenvalue weighted by Gasteiger charge is 2.17. The Kier molecular flexibility index (Phi) is 6.22. The minimum Gasteiger partial charge on any atom is -0.377 e. The van der Waals surface area contributed by atoms with Crippen molar-refractivity contribution in [1.82, 2.24) is 9.78 Å². The predicted octanol–water partition coefficient (Wildman–Crippen LogP) is 1.89. The van der Waals surface area contributed by atoms with Crippen LogP contribution >= 0.6 is 0 Å². The minimum atomic E-state index is 0.120. The van der Waals surface area contributed by atoms with Gasteiger partial charge in [-0.1, -0.05) is 13.3 Å². The predicted molar refractivity (Wildman–Crippen MR) is 69.8 cm³/mol. The lowest BCUT2D eigenvalue weighted by Crippen LogP contribution is -2.37. The van der Waals surface area contributed by atoms with Crippen LogP contribution in [0.2, 0.25) is 0 Å². The number of nitrogens with zero attached hydrogens (tertiary/aromatic N) is 2. The number of rotatable bonds is 8. The van der Waals surface area contributed by atoms with E-state index in [0.717, 1.165) is 32.3 Å². The van der Waals surface area contributed by atoms with Gasteiger partial charge in [-0.3, -0.25) is 4.68 Å². The number of hydrogen-bond donors (Lipinski definition) is 1. The van der Waals surface area contributed by atoms with E-state index >= 15 is 0 Å². The molecule has 0 radical (unpaired) electrons. The molecule has 0 aliphatic carbocycles. The van der Waals surface area contributed by atoms with Gasteiger partial charge in [-0.15, -0.1) is 0 Å². The van der Waals surface area contributed by atoms with Crippen LogP contribution in [0.25, 0.3) is 0 Å². The molecule has 0 saturated carbocycles. The summed E-state index contributed by atoms with van der Waals surface area (Å²) in [5.41, 5.74) is 7.44. The van der Waals surface area contributed by atoms with Crippen LogP contribution in [-0.4, -0.2) is 28.5 Å². The SMILES string of the molecule is CCCC(OCC)C(N)CCc1cnn(C)c1. The van der Waals surface area contributed by atoms with Gasteiger partial charge in [-0.05, 0) is 31.7 Å². The molecule has 1 rings (SSSR count). The van der Waals surface area contributed by atoms with E-state index in [0.29, 0.717) is 0 Å². The lowest BCUT2D eigenvalue weighted by molar-refractivity contribution is 0.0359. The molecule has 4 nitrogen and oxygen atoms in total. The van der Waals surface area contributed by atoms with Crippen molar-refractivity contribution in [2.24, 2.45) is 12.8 Å². The molecule has 2 atom stereocenters. The molecule has 17 heavy (non-hydrogen) atoms. The van der Waals surface area contributed by atoms with Crippen molar-refractivity contribution in [2.45, 2.75) is 51.7 Å². The minimum absolute atomic E-state index is 0.120. The fourth-order valence-electron chi connectivity index (χ4n) is 2.04. The molecule has 4 heteroatoms. The van der Waals surface area contributed by atoms with Gasteiger partial charge in [0.1, 0.15) is 0 Å². The second kappa shape index (κ2) is 7.45. The smallest absolute Gasteiger partial charge is 0.0725 e. The quantitative estimate of drug-likeness (QED) is 0.753. The Hall–Kier alpha value is -0.870. The van der Waals surface area contributed by atoms with E-state index < -0.39 is 0 Å². The van der Waals surface area contributed by atoms with E-state index in [4.69, 9.17) is 10.5 Å². The highest BCUT2D eigenvalue weighted by molar-refractivity contribution is 5.04. The van der Waals surface area contributed by atoms with Crippen molar-refractivity contribution in [2.75, 3.05) is 6.61 Å². The summed E-state index contributed by atoms with van der Waals surface area (Å²) in [6.07, 6.45) is 8.23. The number of aromatic nitrogens is 2. The normalized spacial score (nSPS) is 14.8. The molecule has 0 bridgehead atoms. The molecule has 1 aromatic rings. The summed E-state index contributed by atoms with van der Waals surface area (Å²) < 4.78 is 7.52. The van der Waals surface area contributed by atoms with Gasteiger partial charge in [0.2, 0.25) is 0 Å². The van der Waals surface area contributed by atoms with Crippen molar-refractivity contribution >= 4 is 0 Å². The summed E-state index contributed by atoms with van der Waals surface area (Å²) in [6.45, 7) is 4.93. The van der Waals surface area contributed by atoms with Gasteiger partial charge in [-0.25, -0.2) is 0 Å². The van der Waals surface area contributed by atoms with Gasteiger partial charge in [0.15, 0.2) is 0 Å². The summed E-state index contributed by atoms with van der Waals surface area (Å²) >= 11 is 0. The molecular formula is C13H25N3O. The zero-order valence-corrected chi connectivity index (χ0v) is 11.2. The highest BCUT2D eigenvalue weighted by atomic mass is 16.5. The van der Waals surface area contributed by atoms with Crippen molar-refractivity contribution in [3.63, 3.8) is 0 Å². The summed E-state index contributed by atoms with van der Waals surface area (Å²) in [6, 6.07) is 0.120. The Morgan fingerprint density at radius 2 is 2.18 bits per heavy atom. The zero-order chi connectivity index (χ0) is 12.7. The Balaban J connectivity index is 2.38. The Morgan fingerprint density at radius 3 is 2.71 bits per heavy atom. The fraction of sp³-hybridized carbons (Fsp3) is 0.769. The summed E-state index contributed by atoms with van der Waals surface area (Å²) in [4.78, 5) is 0. The standard InChI is InChI=1S/C13H25N3O/c1-4-6-13(17-5-2)12(14)8-7-11-9-15-16(3)10-11/h9-10,12-13H,4-8,14H2,1-3H3. The van der Waals surface area contributed by atoms with Gasteiger partial charge >= 0.3 is 0 Å². The van der Waals surface area contributed by atoms with Crippen LogP contribution in [0.5, 0.6) is 0 Å². The molecule has 0 saturated heterocycles. The molecular weight excluding hydrogens is 214 g/mol. The molecule has 0 aliphatic heterocycles. The first-order chi connectivity index (χ1) is 8.17. The van der Waals surface area contributed by atoms with Crippen LogP contribution in [0.15, 0.2) is 12.4 Å². The maximum absolute atomic E-state index is 6.19. The third-order valence-corrected chi connectivity index (χ3v) is 2.96. The van der Waals surface area contributed by atoms with E-state index in [2.05, 4.69) is 12.0 Å². The molecule has 0 amide bonds. The number of hydrogen-bond acceptors (Lipinski definition) is 3. The van der Waals surface area contributed by atoms with Crippen LogP contribution in [0, 0.1) is 0 Å². The summed E-state index contributed by atoms with van der Waals surface area (Å²) in [7, 11) is 1.93. The molecule has 2 N–H and O–H groups in total. The maximum Gasteiger partial charge on any atom is 0.0725 e. The Bertz CT molecular complexity index is 305. The Morgan fingerprint density at radius 1 is 1.41 bits per heavy atom. The van der Waals surface area contributed by atoms with Gasteiger partial charge in [-0.2, -0.15) is 5.10 Å². The van der Waals surface area contributed by atoms with Crippen LogP contribution in [0.1, 0.15) is 38.7 Å². The molecule has 0 fully saturated rings. The van der Waals surface area contributed by atoms with Crippen LogP contribution < -0.4 is 5.73 Å². The van der Waals surface area contributed by atoms with E-state index in [-0.39, 0.29) is 12.1 Å². The first kappa shape index (κ1) is 14.2. The molecule has 1 heterocycles. The first-order valence-electron chi connectivity index (χ1n) is 6.52. The van der Waals surface area contributed by atoms with Crippen molar-refractivity contribution in [3.8, 4) is 0 Å². The maximum atomic E-state index is 6.19. The van der Waals surface area contributed by atoms with Gasteiger partial charge in [0, 0.05) is 25.9 Å². The second-order valence-electron chi connectivity index (χ2n) is 4.51. The third-order valence-electron chi connectivity index (χ3n) is 2.96. The highest BCUT2D eigenvalue weighted by Crippen LogP contribution is 2.11. The lowest BCUT2D eigenvalue weighted by atomic mass is 10.0. The largest absolute Gasteiger partial charge is 0.377 e. The number of ether oxygens (including phenoxy) is 1. The van der Waals surface area contributed by atoms with Crippen molar-refractivity contribution in [3.05, 3.63) is 18.0 Å². The second-order valence-corrected chi connectivity index (χ2v) is 4.51. The van der Waals surface area contributed by atoms with Gasteiger partial charge in [0.05, 0.1) is 12.3 Å². The molecule has 0 aromatic carbocycles. The average molecular weight is 239 g/mol. The van der Waals surface area contributed by atoms with Gasteiger partial charge in [0.25, 0.3) is 0 Å². The molecule has 2 unspecified atom stereocenters. The average Bonchev–Trinajstić information content (AvgIpc) is 2.72. The fourth-order valence-corrected chi connectivity index (χ4v) is 2.04. The topological polar surface area (TPSA) is 53.1 Å². The van der Waals surface area contributed by atoms with Gasteiger partial charge < -0.3 is 10.5 Å². The summed E-state index contributed by atoms with van der Waals surface area (Å²) in [5, 5.41) is 4.16. The van der Waals surface area contributed by atoms with E-state index in [1.54, 1.807) is 0 Å². The van der Waals surface area contributed by atoms with E-state index in [1.807, 2.05) is 31.0 Å². The van der Waals surface area contributed by atoms with Crippen molar-refractivity contribution in [1.29, 1.82) is 0 Å². The third kappa shape index (κ3) is 4.88. The van der Waals surface area contributed by atoms with E-state index in [1.165, 1.54) is 5.56 Å².